The summed E-state index contributed by atoms with van der Waals surface area (Å²) in [5, 5.41) is 5.72. The maximum Gasteiger partial charge on any atom is 0.0428 e. The van der Waals surface area contributed by atoms with Gasteiger partial charge in [-0.2, -0.15) is 0 Å². The number of fused-ring (bicyclic) bond motifs is 1. The third-order valence-electron chi connectivity index (χ3n) is 2.90. The van der Waals surface area contributed by atoms with Crippen molar-refractivity contribution in [1.82, 2.24) is 5.32 Å². The lowest BCUT2D eigenvalue weighted by Crippen LogP contribution is -2.15. The fourth-order valence-electron chi connectivity index (χ4n) is 1.96. The quantitative estimate of drug-likeness (QED) is 0.845. The smallest absolute Gasteiger partial charge is 0.0428 e. The van der Waals surface area contributed by atoms with Crippen LogP contribution >= 0.6 is 15.9 Å². The Labute approximate surface area is 110 Å². The molecule has 1 N–H and O–H groups in total. The van der Waals surface area contributed by atoms with E-state index in [0.29, 0.717) is 6.42 Å². The molecule has 0 fully saturated rings. The third kappa shape index (κ3) is 2.69. The average molecular weight is 288 g/mol. The van der Waals surface area contributed by atoms with Gasteiger partial charge in [-0.1, -0.05) is 34.1 Å². The first-order valence-electron chi connectivity index (χ1n) is 5.54. The van der Waals surface area contributed by atoms with E-state index in [1.54, 1.807) is 0 Å². The van der Waals surface area contributed by atoms with Crippen LogP contribution in [0.25, 0.3) is 10.8 Å². The van der Waals surface area contributed by atoms with Gasteiger partial charge in [0.05, 0.1) is 0 Å². The van der Waals surface area contributed by atoms with Crippen molar-refractivity contribution >= 4 is 26.7 Å². The maximum atomic E-state index is 5.38. The molecule has 17 heavy (non-hydrogen) atoms. The van der Waals surface area contributed by atoms with Gasteiger partial charge in [-0.3, -0.25) is 0 Å². The summed E-state index contributed by atoms with van der Waals surface area (Å²) in [6, 6.07) is 13.0. The van der Waals surface area contributed by atoms with Gasteiger partial charge in [0, 0.05) is 16.9 Å². The van der Waals surface area contributed by atoms with Crippen LogP contribution in [-0.4, -0.2) is 7.05 Å². The molecule has 0 aliphatic rings. The number of nitrogens with one attached hydrogen (secondary N) is 1. The minimum Gasteiger partial charge on any atom is -0.312 e. The van der Waals surface area contributed by atoms with E-state index >= 15 is 0 Å². The zero-order valence-corrected chi connectivity index (χ0v) is 11.3. The molecule has 86 valence electrons. The standard InChI is InChI=1S/C15H14BrN/c1-3-4-15(17-2)13-6-5-12-10-14(16)8-7-11(12)9-13/h1,5-10,15,17H,4H2,2H3. The predicted octanol–water partition coefficient (Wildman–Crippen LogP) is 3.89. The van der Waals surface area contributed by atoms with Gasteiger partial charge in [-0.25, -0.2) is 0 Å². The van der Waals surface area contributed by atoms with E-state index in [4.69, 9.17) is 6.42 Å². The maximum absolute atomic E-state index is 5.38. The van der Waals surface area contributed by atoms with Gasteiger partial charge < -0.3 is 5.32 Å². The molecule has 2 aromatic carbocycles. The molecular formula is C15H14BrN. The van der Waals surface area contributed by atoms with Crippen molar-refractivity contribution in [1.29, 1.82) is 0 Å². The Bertz CT molecular complexity index is 569. The molecule has 0 saturated heterocycles. The zero-order chi connectivity index (χ0) is 12.3. The van der Waals surface area contributed by atoms with Crippen molar-refractivity contribution < 1.29 is 0 Å². The Hall–Kier alpha value is -1.30. The molecule has 0 aliphatic carbocycles. The molecule has 1 unspecified atom stereocenters. The van der Waals surface area contributed by atoms with Gasteiger partial charge in [0.25, 0.3) is 0 Å². The van der Waals surface area contributed by atoms with Crippen LogP contribution in [0.15, 0.2) is 40.9 Å². The lowest BCUT2D eigenvalue weighted by atomic mass is 10.0. The number of halogens is 1. The SMILES string of the molecule is C#CCC(NC)c1ccc2cc(Br)ccc2c1. The van der Waals surface area contributed by atoms with Crippen LogP contribution in [0, 0.1) is 12.3 Å². The summed E-state index contributed by atoms with van der Waals surface area (Å²) >= 11 is 3.48. The van der Waals surface area contributed by atoms with Gasteiger partial charge >= 0.3 is 0 Å². The second-order valence-electron chi connectivity index (χ2n) is 4.00. The van der Waals surface area contributed by atoms with Crippen molar-refractivity contribution in [2.45, 2.75) is 12.5 Å². The van der Waals surface area contributed by atoms with Crippen LogP contribution < -0.4 is 5.32 Å². The van der Waals surface area contributed by atoms with Gasteiger partial charge in [0.15, 0.2) is 0 Å². The van der Waals surface area contributed by atoms with Crippen LogP contribution in [0.2, 0.25) is 0 Å². The fourth-order valence-corrected chi connectivity index (χ4v) is 2.34. The molecule has 0 spiro atoms. The fraction of sp³-hybridized carbons (Fsp3) is 0.200. The first kappa shape index (κ1) is 12.2. The Balaban J connectivity index is 2.44. The minimum absolute atomic E-state index is 0.230. The van der Waals surface area contributed by atoms with Crippen molar-refractivity contribution in [2.24, 2.45) is 0 Å². The minimum atomic E-state index is 0.230. The summed E-state index contributed by atoms with van der Waals surface area (Å²) in [4.78, 5) is 0. The van der Waals surface area contributed by atoms with E-state index in [-0.39, 0.29) is 6.04 Å². The van der Waals surface area contributed by atoms with E-state index in [0.717, 1.165) is 4.47 Å². The van der Waals surface area contributed by atoms with E-state index < -0.39 is 0 Å². The number of hydrogen-bond acceptors (Lipinski definition) is 1. The second-order valence-corrected chi connectivity index (χ2v) is 4.92. The largest absolute Gasteiger partial charge is 0.312 e. The van der Waals surface area contributed by atoms with Crippen molar-refractivity contribution in [3.63, 3.8) is 0 Å². The molecule has 0 heterocycles. The molecule has 2 rings (SSSR count). The van der Waals surface area contributed by atoms with Gasteiger partial charge in [-0.05, 0) is 41.6 Å². The summed E-state index contributed by atoms with van der Waals surface area (Å²) in [6.45, 7) is 0. The molecule has 1 atom stereocenters. The Morgan fingerprint density at radius 3 is 2.65 bits per heavy atom. The molecule has 0 amide bonds. The second kappa shape index (κ2) is 5.35. The average Bonchev–Trinajstić information content (AvgIpc) is 2.35. The Morgan fingerprint density at radius 2 is 1.94 bits per heavy atom. The van der Waals surface area contributed by atoms with Crippen LogP contribution in [0.3, 0.4) is 0 Å². The lowest BCUT2D eigenvalue weighted by Gasteiger charge is -2.14. The number of rotatable bonds is 3. The number of hydrogen-bond donors (Lipinski definition) is 1. The number of terminal acetylenes is 1. The lowest BCUT2D eigenvalue weighted by molar-refractivity contribution is 0.612. The molecular weight excluding hydrogens is 274 g/mol. The third-order valence-corrected chi connectivity index (χ3v) is 3.39. The highest BCUT2D eigenvalue weighted by molar-refractivity contribution is 9.10. The van der Waals surface area contributed by atoms with E-state index in [9.17, 15) is 0 Å². The normalized spacial score (nSPS) is 12.3. The molecule has 0 bridgehead atoms. The summed E-state index contributed by atoms with van der Waals surface area (Å²) in [5.74, 6) is 2.70. The van der Waals surface area contributed by atoms with Crippen LogP contribution in [-0.2, 0) is 0 Å². The van der Waals surface area contributed by atoms with Crippen LogP contribution in [0.4, 0.5) is 0 Å². The molecule has 2 heteroatoms. The van der Waals surface area contributed by atoms with E-state index in [2.05, 4.69) is 63.6 Å². The number of benzene rings is 2. The molecule has 0 aromatic heterocycles. The monoisotopic (exact) mass is 287 g/mol. The molecule has 0 saturated carbocycles. The first-order chi connectivity index (χ1) is 8.24. The zero-order valence-electron chi connectivity index (χ0n) is 9.70. The van der Waals surface area contributed by atoms with Crippen LogP contribution in [0.1, 0.15) is 18.0 Å². The first-order valence-corrected chi connectivity index (χ1v) is 6.34. The summed E-state index contributed by atoms with van der Waals surface area (Å²) in [5.41, 5.74) is 1.24. The predicted molar refractivity (Wildman–Crippen MR) is 76.9 cm³/mol. The Kier molecular flexibility index (Phi) is 3.83. The highest BCUT2D eigenvalue weighted by atomic mass is 79.9. The van der Waals surface area contributed by atoms with E-state index in [1.807, 2.05) is 7.05 Å². The molecule has 0 aliphatic heterocycles. The Morgan fingerprint density at radius 1 is 1.24 bits per heavy atom. The molecule has 1 nitrogen and oxygen atoms in total. The van der Waals surface area contributed by atoms with Crippen LogP contribution in [0.5, 0.6) is 0 Å². The molecule has 2 aromatic rings. The summed E-state index contributed by atoms with van der Waals surface area (Å²) in [6.07, 6.45) is 6.09. The van der Waals surface area contributed by atoms with Gasteiger partial charge in [0.1, 0.15) is 0 Å². The summed E-state index contributed by atoms with van der Waals surface area (Å²) in [7, 11) is 1.94. The van der Waals surface area contributed by atoms with Crippen molar-refractivity contribution in [3.05, 3.63) is 46.4 Å². The van der Waals surface area contributed by atoms with Gasteiger partial charge in [-0.15, -0.1) is 12.3 Å². The highest BCUT2D eigenvalue weighted by Gasteiger charge is 2.07. The molecule has 0 radical (unpaired) electrons. The summed E-state index contributed by atoms with van der Waals surface area (Å²) < 4.78 is 1.10. The highest BCUT2D eigenvalue weighted by Crippen LogP contribution is 2.24. The van der Waals surface area contributed by atoms with Crippen molar-refractivity contribution in [2.75, 3.05) is 7.05 Å². The van der Waals surface area contributed by atoms with Gasteiger partial charge in [0.2, 0.25) is 0 Å². The van der Waals surface area contributed by atoms with Crippen molar-refractivity contribution in [3.8, 4) is 12.3 Å². The van der Waals surface area contributed by atoms with E-state index in [1.165, 1.54) is 16.3 Å². The topological polar surface area (TPSA) is 12.0 Å².